The number of hydrogen-bond donors (Lipinski definition) is 2. The molecule has 132 valence electrons. The molecule has 0 atom stereocenters. The zero-order chi connectivity index (χ0) is 17.1. The zero-order valence-electron chi connectivity index (χ0n) is 13.7. The molecule has 0 amide bonds. The van der Waals surface area contributed by atoms with Crippen molar-refractivity contribution >= 4 is 15.2 Å². The molecule has 0 aromatic rings. The lowest BCUT2D eigenvalue weighted by atomic mass is 10.2. The minimum atomic E-state index is -4.71. The normalized spacial score (nSPS) is 12.5. The van der Waals surface area contributed by atoms with Gasteiger partial charge in [0.25, 0.3) is 0 Å². The first-order valence-electron chi connectivity index (χ1n) is 7.92. The van der Waals surface area contributed by atoms with Crippen LogP contribution in [0.25, 0.3) is 0 Å². The van der Waals surface area contributed by atoms with Gasteiger partial charge in [0.2, 0.25) is 0 Å². The van der Waals surface area contributed by atoms with Crippen molar-refractivity contribution in [3.05, 3.63) is 11.6 Å². The van der Waals surface area contributed by atoms with Crippen molar-refractivity contribution in [3.8, 4) is 0 Å². The second-order valence-electron chi connectivity index (χ2n) is 5.25. The second kappa shape index (κ2) is 11.6. The van der Waals surface area contributed by atoms with Gasteiger partial charge in [-0.15, -0.1) is 0 Å². The van der Waals surface area contributed by atoms with E-state index < -0.39 is 20.2 Å². The van der Waals surface area contributed by atoms with E-state index in [1.165, 1.54) is 0 Å². The number of rotatable bonds is 14. The van der Waals surface area contributed by atoms with Gasteiger partial charge in [-0.2, -0.15) is 0 Å². The van der Waals surface area contributed by atoms with E-state index in [9.17, 15) is 18.9 Å². The lowest BCUT2D eigenvalue weighted by Gasteiger charge is -2.21. The Balaban J connectivity index is 4.52. The Morgan fingerprint density at radius 3 is 1.59 bits per heavy atom. The lowest BCUT2D eigenvalue weighted by molar-refractivity contribution is 0.204. The van der Waals surface area contributed by atoms with Crippen LogP contribution in [0.1, 0.15) is 65.2 Å². The molecule has 2 N–H and O–H groups in total. The van der Waals surface area contributed by atoms with Crippen molar-refractivity contribution in [2.45, 2.75) is 65.2 Å². The van der Waals surface area contributed by atoms with E-state index in [1.54, 1.807) is 0 Å². The topological polar surface area (TPSA) is 93.1 Å². The third-order valence-corrected chi connectivity index (χ3v) is 7.04. The van der Waals surface area contributed by atoms with Crippen molar-refractivity contribution in [1.29, 1.82) is 0 Å². The van der Waals surface area contributed by atoms with E-state index in [0.717, 1.165) is 38.5 Å². The molecule has 22 heavy (non-hydrogen) atoms. The molecule has 0 saturated heterocycles. The molecule has 0 heterocycles. The van der Waals surface area contributed by atoms with E-state index in [-0.39, 0.29) is 13.2 Å². The maximum Gasteiger partial charge on any atom is 0.368 e. The maximum absolute atomic E-state index is 12.6. The summed E-state index contributed by atoms with van der Waals surface area (Å²) >= 11 is 0. The highest BCUT2D eigenvalue weighted by molar-refractivity contribution is 7.77. The quantitative estimate of drug-likeness (QED) is 0.335. The minimum Gasteiger partial charge on any atom is -0.321 e. The molecule has 0 radical (unpaired) electrons. The third kappa shape index (κ3) is 9.24. The highest BCUT2D eigenvalue weighted by Crippen LogP contribution is 2.68. The van der Waals surface area contributed by atoms with Crippen LogP contribution in [-0.2, 0) is 18.2 Å². The third-order valence-electron chi connectivity index (χ3n) is 3.17. The predicted molar refractivity (Wildman–Crippen MR) is 89.0 cm³/mol. The summed E-state index contributed by atoms with van der Waals surface area (Å²) in [5, 5.41) is -0.744. The Kier molecular flexibility index (Phi) is 11.6. The van der Waals surface area contributed by atoms with Gasteiger partial charge in [0.1, 0.15) is 5.06 Å². The molecule has 0 aromatic heterocycles. The van der Waals surface area contributed by atoms with Gasteiger partial charge in [-0.25, -0.2) is 0 Å². The molecule has 0 aliphatic rings. The minimum absolute atomic E-state index is 0.144. The summed E-state index contributed by atoms with van der Waals surface area (Å²) in [6.07, 6.45) is 7.35. The van der Waals surface area contributed by atoms with Crippen molar-refractivity contribution in [3.63, 3.8) is 0 Å². The summed E-state index contributed by atoms with van der Waals surface area (Å²) in [6, 6.07) is 0. The Hall–Kier alpha value is 0.0400. The average molecular weight is 356 g/mol. The monoisotopic (exact) mass is 356 g/mol. The summed E-state index contributed by atoms with van der Waals surface area (Å²) in [4.78, 5) is 18.4. The van der Waals surface area contributed by atoms with E-state index in [0.29, 0.717) is 12.8 Å². The fourth-order valence-corrected chi connectivity index (χ4v) is 4.51. The molecule has 0 bridgehead atoms. The van der Waals surface area contributed by atoms with Crippen molar-refractivity contribution in [2.75, 3.05) is 13.2 Å². The van der Waals surface area contributed by atoms with Gasteiger partial charge >= 0.3 is 15.2 Å². The molecule has 0 fully saturated rings. The van der Waals surface area contributed by atoms with Crippen LogP contribution in [0.15, 0.2) is 11.6 Å². The molecule has 0 spiro atoms. The molecular formula is C14H30O6P2. The van der Waals surface area contributed by atoms with Gasteiger partial charge in [0, 0.05) is 0 Å². The molecule has 0 rings (SSSR count). The maximum atomic E-state index is 12.6. The first kappa shape index (κ1) is 22.0. The Bertz CT molecular complexity index is 386. The van der Waals surface area contributed by atoms with Crippen LogP contribution in [0, 0.1) is 0 Å². The van der Waals surface area contributed by atoms with Crippen LogP contribution < -0.4 is 0 Å². The highest BCUT2D eigenvalue weighted by Gasteiger charge is 2.39. The number of unbranched alkanes of at least 4 members (excludes halogenated alkanes) is 6. The molecule has 0 aromatic carbocycles. The van der Waals surface area contributed by atoms with Crippen molar-refractivity contribution in [2.24, 2.45) is 0 Å². The highest BCUT2D eigenvalue weighted by atomic mass is 31.2. The lowest BCUT2D eigenvalue weighted by Crippen LogP contribution is -2.02. The fraction of sp³-hybridized carbons (Fsp3) is 0.857. The molecule has 0 aliphatic heterocycles. The standard InChI is InChI=1S/C14H30O6P2/c1-4-6-8-10-12-19-22(18,14(3)21(15,16)17)20-13-11-9-7-5-2/h3-13H2,1-2H3,(H2,15,16,17). The number of hydrogen-bond acceptors (Lipinski definition) is 4. The van der Waals surface area contributed by atoms with Crippen LogP contribution in [0.2, 0.25) is 0 Å². The molecule has 0 aliphatic carbocycles. The first-order chi connectivity index (χ1) is 10.3. The first-order valence-corrected chi connectivity index (χ1v) is 11.1. The van der Waals surface area contributed by atoms with Crippen LogP contribution >= 0.6 is 15.2 Å². The van der Waals surface area contributed by atoms with Crippen molar-refractivity contribution < 1.29 is 28.0 Å². The molecular weight excluding hydrogens is 326 g/mol. The van der Waals surface area contributed by atoms with E-state index in [4.69, 9.17) is 9.05 Å². The summed E-state index contributed by atoms with van der Waals surface area (Å²) in [5.41, 5.74) is 0. The van der Waals surface area contributed by atoms with Gasteiger partial charge in [0.15, 0.2) is 0 Å². The van der Waals surface area contributed by atoms with Crippen LogP contribution in [0.3, 0.4) is 0 Å². The van der Waals surface area contributed by atoms with Gasteiger partial charge in [0.05, 0.1) is 13.2 Å². The van der Waals surface area contributed by atoms with Crippen LogP contribution in [0.5, 0.6) is 0 Å². The molecule has 6 nitrogen and oxygen atoms in total. The van der Waals surface area contributed by atoms with Gasteiger partial charge in [-0.3, -0.25) is 9.13 Å². The SMILES string of the molecule is C=C(P(=O)(O)O)P(=O)(OCCCCCC)OCCCCCC. The molecule has 0 saturated carbocycles. The van der Waals surface area contributed by atoms with E-state index in [2.05, 4.69) is 20.4 Å². The van der Waals surface area contributed by atoms with Crippen LogP contribution in [-0.4, -0.2) is 23.0 Å². The van der Waals surface area contributed by atoms with E-state index >= 15 is 0 Å². The largest absolute Gasteiger partial charge is 0.368 e. The Labute approximate surface area is 134 Å². The fourth-order valence-electron chi connectivity index (χ4n) is 1.77. The van der Waals surface area contributed by atoms with Gasteiger partial charge in [-0.1, -0.05) is 59.0 Å². The van der Waals surface area contributed by atoms with Gasteiger partial charge < -0.3 is 18.8 Å². The smallest absolute Gasteiger partial charge is 0.321 e. The summed E-state index contributed by atoms with van der Waals surface area (Å²) in [5.74, 6) is 0. The van der Waals surface area contributed by atoms with Crippen LogP contribution in [0.4, 0.5) is 0 Å². The summed E-state index contributed by atoms with van der Waals surface area (Å²) in [7, 11) is -8.70. The second-order valence-corrected chi connectivity index (χ2v) is 9.28. The summed E-state index contributed by atoms with van der Waals surface area (Å²) < 4.78 is 34.3. The molecule has 0 unspecified atom stereocenters. The predicted octanol–water partition coefficient (Wildman–Crippen LogP) is 5.02. The van der Waals surface area contributed by atoms with Gasteiger partial charge in [-0.05, 0) is 12.8 Å². The Morgan fingerprint density at radius 2 is 1.27 bits per heavy atom. The van der Waals surface area contributed by atoms with Crippen molar-refractivity contribution in [1.82, 2.24) is 0 Å². The molecule has 8 heteroatoms. The average Bonchev–Trinajstić information content (AvgIpc) is 2.45. The zero-order valence-corrected chi connectivity index (χ0v) is 15.5. The van der Waals surface area contributed by atoms with E-state index in [1.807, 2.05) is 0 Å². The summed E-state index contributed by atoms with van der Waals surface area (Å²) in [6.45, 7) is 7.68. The Morgan fingerprint density at radius 1 is 0.864 bits per heavy atom.